The predicted molar refractivity (Wildman–Crippen MR) is 146 cm³/mol. The summed E-state index contributed by atoms with van der Waals surface area (Å²) < 4.78 is 37.3. The normalized spacial score (nSPS) is 15.6. The number of ether oxygens (including phenoxy) is 1. The lowest BCUT2D eigenvalue weighted by molar-refractivity contribution is 0.102. The van der Waals surface area contributed by atoms with Crippen molar-refractivity contribution >= 4 is 23.3 Å². The summed E-state index contributed by atoms with van der Waals surface area (Å²) in [6, 6.07) is 10.8. The van der Waals surface area contributed by atoms with Gasteiger partial charge in [-0.1, -0.05) is 32.9 Å². The molecule has 0 saturated carbocycles. The number of anilines is 2. The highest BCUT2D eigenvalue weighted by Crippen LogP contribution is 2.30. The van der Waals surface area contributed by atoms with Crippen molar-refractivity contribution in [2.24, 2.45) is 5.41 Å². The number of halogens is 2. The fourth-order valence-corrected chi connectivity index (χ4v) is 4.88. The summed E-state index contributed by atoms with van der Waals surface area (Å²) in [5.74, 6) is -0.533. The molecule has 37 heavy (non-hydrogen) atoms. The minimum Gasteiger partial charge on any atom is -0.483 e. The van der Waals surface area contributed by atoms with Crippen LogP contribution in [0.1, 0.15) is 33.3 Å². The second-order valence-corrected chi connectivity index (χ2v) is 11.5. The summed E-state index contributed by atoms with van der Waals surface area (Å²) in [5.41, 5.74) is 7.57. The Hall–Kier alpha value is -3.11. The van der Waals surface area contributed by atoms with E-state index in [0.717, 1.165) is 47.4 Å². The highest BCUT2D eigenvalue weighted by atomic mass is 32.2. The summed E-state index contributed by atoms with van der Waals surface area (Å²) in [5, 5.41) is 4.26. The van der Waals surface area contributed by atoms with Gasteiger partial charge >= 0.3 is 5.56 Å². The van der Waals surface area contributed by atoms with Crippen LogP contribution in [-0.2, 0) is 17.7 Å². The fraction of sp³-hybridized carbons (Fsp3) is 0.407. The molecule has 1 saturated heterocycles. The van der Waals surface area contributed by atoms with Crippen molar-refractivity contribution in [1.29, 1.82) is 0 Å². The van der Waals surface area contributed by atoms with Crippen LogP contribution in [-0.4, -0.2) is 46.4 Å². The van der Waals surface area contributed by atoms with E-state index >= 15 is 0 Å². The number of nitrogen functional groups attached to an aromatic ring is 1. The minimum absolute atomic E-state index is 0.00796. The molecule has 1 fully saturated rings. The van der Waals surface area contributed by atoms with Gasteiger partial charge in [0.15, 0.2) is 0 Å². The number of hydrogen-bond acceptors (Lipinski definition) is 6. The Labute approximate surface area is 220 Å². The smallest absolute Gasteiger partial charge is 0.316 e. The Morgan fingerprint density at radius 2 is 1.68 bits per heavy atom. The van der Waals surface area contributed by atoms with E-state index in [1.807, 2.05) is 52.0 Å². The number of piperazine rings is 1. The summed E-state index contributed by atoms with van der Waals surface area (Å²) in [6.07, 6.45) is 1.26. The molecule has 198 valence electrons. The van der Waals surface area contributed by atoms with Crippen LogP contribution in [0.15, 0.2) is 53.5 Å². The molecule has 3 aromatic rings. The SMILES string of the molecule is CC(Oc1c(N2CCN([SH+]Cc3ccc(N)cc3)CC2)cnn(-c2cc(F)cc(F)c2)c1=O)C(C)(C)C. The van der Waals surface area contributed by atoms with Crippen LogP contribution < -0.4 is 20.9 Å². The molecule has 4 rings (SSSR count). The maximum absolute atomic E-state index is 13.9. The van der Waals surface area contributed by atoms with Gasteiger partial charge in [-0.25, -0.2) is 8.78 Å². The van der Waals surface area contributed by atoms with E-state index in [1.165, 1.54) is 17.5 Å². The molecule has 2 heterocycles. The van der Waals surface area contributed by atoms with Gasteiger partial charge in [0, 0.05) is 30.4 Å². The maximum atomic E-state index is 13.9. The van der Waals surface area contributed by atoms with Crippen LogP contribution in [0.3, 0.4) is 0 Å². The fourth-order valence-electron chi connectivity index (χ4n) is 3.85. The molecule has 2 aromatic carbocycles. The first kappa shape index (κ1) is 26.9. The van der Waals surface area contributed by atoms with Crippen molar-refractivity contribution in [3.8, 4) is 11.4 Å². The van der Waals surface area contributed by atoms with Gasteiger partial charge in [-0.05, 0) is 36.6 Å². The first-order valence-electron chi connectivity index (χ1n) is 12.3. The molecule has 1 aromatic heterocycles. The molecule has 1 atom stereocenters. The summed E-state index contributed by atoms with van der Waals surface area (Å²) >= 11 is 1.20. The van der Waals surface area contributed by atoms with E-state index < -0.39 is 17.2 Å². The largest absolute Gasteiger partial charge is 0.483 e. The third kappa shape index (κ3) is 6.61. The Balaban J connectivity index is 1.56. The van der Waals surface area contributed by atoms with E-state index in [2.05, 4.69) is 14.3 Å². The predicted octanol–water partition coefficient (Wildman–Crippen LogP) is 3.96. The van der Waals surface area contributed by atoms with E-state index in [0.29, 0.717) is 18.8 Å². The third-order valence-electron chi connectivity index (χ3n) is 6.55. The number of hydrogen-bond donors (Lipinski definition) is 1. The molecule has 0 bridgehead atoms. The van der Waals surface area contributed by atoms with E-state index in [-0.39, 0.29) is 23.0 Å². The number of rotatable bonds is 7. The Bertz CT molecular complexity index is 1270. The van der Waals surface area contributed by atoms with Gasteiger partial charge < -0.3 is 15.4 Å². The Morgan fingerprint density at radius 3 is 2.27 bits per heavy atom. The molecule has 2 N–H and O–H groups in total. The molecular weight excluding hydrogens is 496 g/mol. The standard InChI is InChI=1S/C27H33F2N5O2S/c1-18(27(2,3)4)36-25-24(16-31-34(26(25)35)23-14-20(28)13-21(29)15-23)32-9-11-33(12-10-32)37-17-19-5-7-22(30)8-6-19/h5-8,13-16,18H,9-12,17,30H2,1-4H3/p+1. The molecule has 10 heteroatoms. The second kappa shape index (κ2) is 11.1. The molecule has 1 unspecified atom stereocenters. The van der Waals surface area contributed by atoms with Gasteiger partial charge in [0.25, 0.3) is 0 Å². The molecule has 0 radical (unpaired) electrons. The first-order chi connectivity index (χ1) is 17.5. The van der Waals surface area contributed by atoms with Crippen molar-refractivity contribution in [3.05, 3.63) is 76.2 Å². The molecule has 0 aliphatic carbocycles. The lowest BCUT2D eigenvalue weighted by Crippen LogP contribution is -2.46. The highest BCUT2D eigenvalue weighted by Gasteiger charge is 2.29. The second-order valence-electron chi connectivity index (χ2n) is 10.3. The monoisotopic (exact) mass is 530 g/mol. The average molecular weight is 531 g/mol. The van der Waals surface area contributed by atoms with Crippen molar-refractivity contribution in [2.45, 2.75) is 39.6 Å². The summed E-state index contributed by atoms with van der Waals surface area (Å²) in [6.45, 7) is 11.0. The van der Waals surface area contributed by atoms with Crippen molar-refractivity contribution < 1.29 is 13.5 Å². The van der Waals surface area contributed by atoms with Crippen LogP contribution >= 0.6 is 0 Å². The quantitative estimate of drug-likeness (QED) is 0.283. The Morgan fingerprint density at radius 1 is 1.05 bits per heavy atom. The third-order valence-corrected chi connectivity index (χ3v) is 7.86. The van der Waals surface area contributed by atoms with Gasteiger partial charge in [-0.3, -0.25) is 4.79 Å². The van der Waals surface area contributed by atoms with E-state index in [1.54, 1.807) is 6.20 Å². The number of benzene rings is 2. The zero-order valence-corrected chi connectivity index (χ0v) is 22.5. The van der Waals surface area contributed by atoms with Crippen LogP contribution in [0.25, 0.3) is 5.69 Å². The number of nitrogens with two attached hydrogens (primary N) is 1. The molecule has 0 amide bonds. The molecule has 1 aliphatic rings. The minimum atomic E-state index is -0.785. The first-order valence-corrected chi connectivity index (χ1v) is 13.3. The Kier molecular flexibility index (Phi) is 8.08. The maximum Gasteiger partial charge on any atom is 0.316 e. The highest BCUT2D eigenvalue weighted by molar-refractivity contribution is 7.75. The topological polar surface area (TPSA) is 76.6 Å². The van der Waals surface area contributed by atoms with Gasteiger partial charge in [-0.2, -0.15) is 9.78 Å². The van der Waals surface area contributed by atoms with Crippen LogP contribution in [0.4, 0.5) is 20.2 Å². The summed E-state index contributed by atoms with van der Waals surface area (Å²) in [7, 11) is 0. The number of nitrogens with zero attached hydrogens (tertiary/aromatic N) is 4. The van der Waals surface area contributed by atoms with Crippen molar-refractivity contribution in [1.82, 2.24) is 14.1 Å². The zero-order valence-electron chi connectivity index (χ0n) is 21.6. The van der Waals surface area contributed by atoms with Crippen LogP contribution in [0, 0.1) is 17.0 Å². The zero-order chi connectivity index (χ0) is 26.7. The molecular formula is C27H34F2N5O2S+. The van der Waals surface area contributed by atoms with Gasteiger partial charge in [0.1, 0.15) is 29.2 Å². The van der Waals surface area contributed by atoms with Crippen LogP contribution in [0.5, 0.6) is 5.75 Å². The molecule has 7 nitrogen and oxygen atoms in total. The van der Waals surface area contributed by atoms with Gasteiger partial charge in [0.05, 0.1) is 36.9 Å². The number of aromatic nitrogens is 2. The van der Waals surface area contributed by atoms with Gasteiger partial charge in [-0.15, -0.1) is 4.31 Å². The number of thiol groups is 1. The van der Waals surface area contributed by atoms with Crippen molar-refractivity contribution in [2.75, 3.05) is 36.8 Å². The van der Waals surface area contributed by atoms with E-state index in [9.17, 15) is 13.6 Å². The summed E-state index contributed by atoms with van der Waals surface area (Å²) in [4.78, 5) is 15.6. The van der Waals surface area contributed by atoms with E-state index in [4.69, 9.17) is 10.5 Å². The lowest BCUT2D eigenvalue weighted by Gasteiger charge is -2.34. The van der Waals surface area contributed by atoms with Crippen molar-refractivity contribution in [3.63, 3.8) is 0 Å². The lowest BCUT2D eigenvalue weighted by atomic mass is 9.90. The average Bonchev–Trinajstić information content (AvgIpc) is 2.84. The molecule has 0 spiro atoms. The van der Waals surface area contributed by atoms with Gasteiger partial charge in [0.2, 0.25) is 5.75 Å². The van der Waals surface area contributed by atoms with Crippen LogP contribution in [0.2, 0.25) is 0 Å². The molecule has 1 aliphatic heterocycles.